The molecule has 0 saturated carbocycles. The predicted molar refractivity (Wildman–Crippen MR) is 128 cm³/mol. The lowest BCUT2D eigenvalue weighted by Crippen LogP contribution is -2.28. The van der Waals surface area contributed by atoms with Crippen LogP contribution in [0.4, 0.5) is 5.69 Å². The second-order valence-electron chi connectivity index (χ2n) is 8.45. The van der Waals surface area contributed by atoms with Crippen molar-refractivity contribution in [3.8, 4) is 0 Å². The van der Waals surface area contributed by atoms with E-state index in [2.05, 4.69) is 34.8 Å². The summed E-state index contributed by atoms with van der Waals surface area (Å²) in [5.74, 6) is -0.545. The molecule has 0 aliphatic rings. The predicted octanol–water partition coefficient (Wildman–Crippen LogP) is 3.37. The molecule has 0 unspecified atom stereocenters. The number of benzene rings is 1. The molecule has 0 saturated heterocycles. The number of hydrogen-bond donors (Lipinski definition) is 1. The van der Waals surface area contributed by atoms with E-state index in [1.165, 1.54) is 23.9 Å². The standard InChI is InChI=1S/C23H33N3O5Si/c1-29-22(27)11-10-20-21(24-12-13-30-17-19-8-6-5-7-9-19)16-25-26(23(20)28)18-31-14-15-32(2,3)4/h5-11,16,24H,12-15,17-18H2,1-4H3/b11-10+. The third-order valence-electron chi connectivity index (χ3n) is 4.55. The fourth-order valence-corrected chi connectivity index (χ4v) is 3.43. The number of nitrogens with one attached hydrogen (secondary N) is 1. The van der Waals surface area contributed by atoms with E-state index >= 15 is 0 Å². The lowest BCUT2D eigenvalue weighted by atomic mass is 10.2. The first kappa shape index (κ1) is 25.5. The van der Waals surface area contributed by atoms with Gasteiger partial charge in [0.05, 0.1) is 37.8 Å². The zero-order valence-corrected chi connectivity index (χ0v) is 20.3. The third-order valence-corrected chi connectivity index (χ3v) is 6.26. The molecule has 1 N–H and O–H groups in total. The Bertz CT molecular complexity index is 939. The summed E-state index contributed by atoms with van der Waals surface area (Å²) >= 11 is 0. The normalized spacial score (nSPS) is 11.6. The molecular formula is C23H33N3O5Si. The molecule has 1 heterocycles. The Morgan fingerprint density at radius 2 is 1.91 bits per heavy atom. The number of aromatic nitrogens is 2. The van der Waals surface area contributed by atoms with E-state index in [4.69, 9.17) is 9.47 Å². The highest BCUT2D eigenvalue weighted by Crippen LogP contribution is 2.12. The van der Waals surface area contributed by atoms with E-state index in [-0.39, 0.29) is 12.3 Å². The van der Waals surface area contributed by atoms with Crippen LogP contribution in [-0.2, 0) is 32.3 Å². The van der Waals surface area contributed by atoms with Crippen LogP contribution >= 0.6 is 0 Å². The molecule has 0 aliphatic heterocycles. The van der Waals surface area contributed by atoms with E-state index < -0.39 is 14.0 Å². The minimum Gasteiger partial charge on any atom is -0.466 e. The minimum atomic E-state index is -1.22. The Morgan fingerprint density at radius 1 is 1.16 bits per heavy atom. The van der Waals surface area contributed by atoms with Crippen LogP contribution < -0.4 is 10.9 Å². The summed E-state index contributed by atoms with van der Waals surface area (Å²) in [5.41, 5.74) is 1.56. The lowest BCUT2D eigenvalue weighted by Gasteiger charge is -2.16. The van der Waals surface area contributed by atoms with E-state index in [0.717, 1.165) is 11.6 Å². The molecule has 1 aromatic heterocycles. The number of nitrogens with zero attached hydrogens (tertiary/aromatic N) is 2. The first-order valence-electron chi connectivity index (χ1n) is 10.6. The highest BCUT2D eigenvalue weighted by atomic mass is 28.3. The lowest BCUT2D eigenvalue weighted by molar-refractivity contribution is -0.134. The average Bonchev–Trinajstić information content (AvgIpc) is 2.76. The van der Waals surface area contributed by atoms with E-state index in [1.54, 1.807) is 6.20 Å². The summed E-state index contributed by atoms with van der Waals surface area (Å²) < 4.78 is 17.2. The van der Waals surface area contributed by atoms with E-state index in [0.29, 0.717) is 37.6 Å². The van der Waals surface area contributed by atoms with Crippen molar-refractivity contribution in [2.45, 2.75) is 39.0 Å². The highest BCUT2D eigenvalue weighted by molar-refractivity contribution is 6.76. The summed E-state index contributed by atoms with van der Waals surface area (Å²) in [5, 5.41) is 7.36. The number of esters is 1. The Kier molecular flexibility index (Phi) is 10.3. The van der Waals surface area contributed by atoms with Gasteiger partial charge in [0.25, 0.3) is 5.56 Å². The molecule has 0 bridgehead atoms. The summed E-state index contributed by atoms with van der Waals surface area (Å²) in [6.07, 6.45) is 4.20. The van der Waals surface area contributed by atoms with Crippen molar-refractivity contribution in [3.63, 3.8) is 0 Å². The highest BCUT2D eigenvalue weighted by Gasteiger charge is 2.13. The van der Waals surface area contributed by atoms with Crippen molar-refractivity contribution in [3.05, 3.63) is 64.1 Å². The molecule has 8 nitrogen and oxygen atoms in total. The van der Waals surface area contributed by atoms with Gasteiger partial charge in [0, 0.05) is 27.3 Å². The van der Waals surface area contributed by atoms with Gasteiger partial charge in [-0.1, -0.05) is 50.0 Å². The molecule has 0 amide bonds. The second-order valence-corrected chi connectivity index (χ2v) is 14.1. The maximum absolute atomic E-state index is 12.9. The maximum Gasteiger partial charge on any atom is 0.330 e. The molecular weight excluding hydrogens is 426 g/mol. The van der Waals surface area contributed by atoms with Crippen molar-refractivity contribution >= 4 is 25.8 Å². The van der Waals surface area contributed by atoms with Crippen LogP contribution in [-0.4, -0.2) is 50.7 Å². The van der Waals surface area contributed by atoms with Crippen LogP contribution in [0.15, 0.2) is 47.4 Å². The Balaban J connectivity index is 2.01. The first-order chi connectivity index (χ1) is 15.3. The SMILES string of the molecule is COC(=O)/C=C/c1c(NCCOCc2ccccc2)cnn(COCC[Si](C)(C)C)c1=O. The van der Waals surface area contributed by atoms with Gasteiger partial charge in [-0.2, -0.15) is 5.10 Å². The van der Waals surface area contributed by atoms with E-state index in [1.807, 2.05) is 30.3 Å². The Labute approximate surface area is 190 Å². The van der Waals surface area contributed by atoms with Crippen LogP contribution in [0.25, 0.3) is 6.08 Å². The summed E-state index contributed by atoms with van der Waals surface area (Å²) in [6, 6.07) is 10.9. The maximum atomic E-state index is 12.9. The van der Waals surface area contributed by atoms with Gasteiger partial charge in [-0.05, 0) is 17.7 Å². The van der Waals surface area contributed by atoms with Crippen LogP contribution in [0, 0.1) is 0 Å². The second kappa shape index (κ2) is 12.9. The molecule has 9 heteroatoms. The monoisotopic (exact) mass is 459 g/mol. The van der Waals surface area contributed by atoms with Crippen LogP contribution in [0.1, 0.15) is 11.1 Å². The average molecular weight is 460 g/mol. The zero-order valence-electron chi connectivity index (χ0n) is 19.3. The molecule has 0 aliphatic carbocycles. The number of rotatable bonds is 13. The molecule has 0 atom stereocenters. The van der Waals surface area contributed by atoms with Gasteiger partial charge in [-0.15, -0.1) is 0 Å². The van der Waals surface area contributed by atoms with Gasteiger partial charge in [-0.25, -0.2) is 9.48 Å². The molecule has 0 fully saturated rings. The number of anilines is 1. The number of methoxy groups -OCH3 is 1. The molecule has 1 aromatic carbocycles. The zero-order chi connectivity index (χ0) is 23.4. The summed E-state index contributed by atoms with van der Waals surface area (Å²) in [4.78, 5) is 24.4. The van der Waals surface area contributed by atoms with E-state index in [9.17, 15) is 9.59 Å². The van der Waals surface area contributed by atoms with Crippen LogP contribution in [0.3, 0.4) is 0 Å². The topological polar surface area (TPSA) is 91.7 Å². The largest absolute Gasteiger partial charge is 0.466 e. The number of carbonyl (C=O) groups is 1. The van der Waals surface area contributed by atoms with Crippen molar-refractivity contribution in [1.29, 1.82) is 0 Å². The summed E-state index contributed by atoms with van der Waals surface area (Å²) in [6.45, 7) is 8.86. The van der Waals surface area contributed by atoms with Gasteiger partial charge in [0.1, 0.15) is 6.73 Å². The fraction of sp³-hybridized carbons (Fsp3) is 0.435. The van der Waals surface area contributed by atoms with Crippen molar-refractivity contribution in [1.82, 2.24) is 9.78 Å². The molecule has 0 spiro atoms. The Morgan fingerprint density at radius 3 is 2.59 bits per heavy atom. The number of hydrogen-bond acceptors (Lipinski definition) is 7. The van der Waals surface area contributed by atoms with Gasteiger partial charge in [0.15, 0.2) is 0 Å². The fourth-order valence-electron chi connectivity index (χ4n) is 2.67. The first-order valence-corrected chi connectivity index (χ1v) is 14.3. The molecule has 2 rings (SSSR count). The van der Waals surface area contributed by atoms with Gasteiger partial charge in [0.2, 0.25) is 0 Å². The molecule has 174 valence electrons. The van der Waals surface area contributed by atoms with Crippen LogP contribution in [0.5, 0.6) is 0 Å². The quantitative estimate of drug-likeness (QED) is 0.212. The van der Waals surface area contributed by atoms with Gasteiger partial charge < -0.3 is 19.5 Å². The molecule has 2 aromatic rings. The number of carbonyl (C=O) groups excluding carboxylic acids is 1. The van der Waals surface area contributed by atoms with Gasteiger partial charge >= 0.3 is 5.97 Å². The third kappa shape index (κ3) is 9.17. The van der Waals surface area contributed by atoms with Crippen molar-refractivity contribution in [2.75, 3.05) is 32.2 Å². The number of ether oxygens (including phenoxy) is 3. The minimum absolute atomic E-state index is 0.0584. The summed E-state index contributed by atoms with van der Waals surface area (Å²) in [7, 11) is 0.0656. The van der Waals surface area contributed by atoms with Gasteiger partial charge in [-0.3, -0.25) is 4.79 Å². The molecule has 0 radical (unpaired) electrons. The van der Waals surface area contributed by atoms with Crippen molar-refractivity contribution in [2.24, 2.45) is 0 Å². The molecule has 32 heavy (non-hydrogen) atoms. The van der Waals surface area contributed by atoms with Crippen molar-refractivity contribution < 1.29 is 19.0 Å². The van der Waals surface area contributed by atoms with Crippen LogP contribution in [0.2, 0.25) is 25.7 Å². The smallest absolute Gasteiger partial charge is 0.330 e. The Hall–Kier alpha value is -2.75.